The van der Waals surface area contributed by atoms with Crippen molar-refractivity contribution in [2.45, 2.75) is 12.7 Å². The first kappa shape index (κ1) is 12.2. The van der Waals surface area contributed by atoms with E-state index in [2.05, 4.69) is 10.9 Å². The summed E-state index contributed by atoms with van der Waals surface area (Å²) in [7, 11) is 0. The van der Waals surface area contributed by atoms with Crippen LogP contribution in [0.1, 0.15) is 5.82 Å². The van der Waals surface area contributed by atoms with Crippen molar-refractivity contribution in [2.75, 3.05) is 5.73 Å². The predicted octanol–water partition coefficient (Wildman–Crippen LogP) is 2.41. The van der Waals surface area contributed by atoms with Crippen molar-refractivity contribution in [1.82, 2.24) is 9.55 Å². The molecule has 0 aliphatic carbocycles. The highest BCUT2D eigenvalue weighted by molar-refractivity contribution is 5.80. The fraction of sp³-hybridized carbons (Fsp3) is 0.182. The summed E-state index contributed by atoms with van der Waals surface area (Å²) in [5, 5.41) is 0. The van der Waals surface area contributed by atoms with Crippen LogP contribution >= 0.6 is 0 Å². The molecule has 0 radical (unpaired) electrons. The van der Waals surface area contributed by atoms with Crippen LogP contribution in [0.15, 0.2) is 12.1 Å². The van der Waals surface area contributed by atoms with Gasteiger partial charge in [0.2, 0.25) is 5.82 Å². The normalized spacial score (nSPS) is 11.7. The first-order chi connectivity index (χ1) is 8.34. The summed E-state index contributed by atoms with van der Waals surface area (Å²) in [6.45, 7) is -0.323. The van der Waals surface area contributed by atoms with E-state index >= 15 is 0 Å². The number of fused-ring (bicyclic) bond motifs is 1. The number of imidazole rings is 1. The molecule has 0 spiro atoms. The highest BCUT2D eigenvalue weighted by atomic mass is 19.4. The highest BCUT2D eigenvalue weighted by Gasteiger charge is 2.37. The van der Waals surface area contributed by atoms with Gasteiger partial charge in [0.1, 0.15) is 5.82 Å². The second-order valence-electron chi connectivity index (χ2n) is 3.59. The molecular weight excluding hydrogens is 250 g/mol. The molecule has 94 valence electrons. The van der Waals surface area contributed by atoms with Crippen molar-refractivity contribution in [3.8, 4) is 12.3 Å². The second kappa shape index (κ2) is 3.91. The number of halogens is 4. The molecule has 0 fully saturated rings. The molecule has 0 aliphatic heterocycles. The van der Waals surface area contributed by atoms with Gasteiger partial charge in [-0.2, -0.15) is 13.2 Å². The number of alkyl halides is 3. The van der Waals surface area contributed by atoms with Crippen LogP contribution < -0.4 is 5.73 Å². The Morgan fingerprint density at radius 3 is 2.61 bits per heavy atom. The third-order valence-electron chi connectivity index (χ3n) is 2.37. The van der Waals surface area contributed by atoms with Crippen molar-refractivity contribution < 1.29 is 17.6 Å². The number of nitrogens with two attached hydrogens (primary N) is 1. The molecule has 0 amide bonds. The maximum atomic E-state index is 13.2. The van der Waals surface area contributed by atoms with Gasteiger partial charge >= 0.3 is 6.18 Å². The van der Waals surface area contributed by atoms with E-state index in [0.29, 0.717) is 0 Å². The Labute approximate surface area is 99.2 Å². The Morgan fingerprint density at radius 1 is 1.39 bits per heavy atom. The lowest BCUT2D eigenvalue weighted by molar-refractivity contribution is -0.146. The zero-order valence-electron chi connectivity index (χ0n) is 8.92. The first-order valence-corrected chi connectivity index (χ1v) is 4.80. The molecule has 2 rings (SSSR count). The van der Waals surface area contributed by atoms with E-state index in [1.165, 1.54) is 0 Å². The minimum Gasteiger partial charge on any atom is -0.396 e. The summed E-state index contributed by atoms with van der Waals surface area (Å²) in [6, 6.07) is 1.94. The molecule has 7 heteroatoms. The van der Waals surface area contributed by atoms with Gasteiger partial charge < -0.3 is 10.3 Å². The molecule has 0 atom stereocenters. The Bertz CT molecular complexity index is 649. The molecule has 2 aromatic rings. The predicted molar refractivity (Wildman–Crippen MR) is 57.9 cm³/mol. The van der Waals surface area contributed by atoms with Crippen LogP contribution in [-0.4, -0.2) is 9.55 Å². The van der Waals surface area contributed by atoms with Crippen LogP contribution in [0.4, 0.5) is 23.2 Å². The fourth-order valence-corrected chi connectivity index (χ4v) is 1.63. The summed E-state index contributed by atoms with van der Waals surface area (Å²) >= 11 is 0. The summed E-state index contributed by atoms with van der Waals surface area (Å²) in [5.41, 5.74) is 4.98. The number of rotatable bonds is 1. The van der Waals surface area contributed by atoms with E-state index in [-0.39, 0.29) is 23.3 Å². The Hall–Kier alpha value is -2.23. The van der Waals surface area contributed by atoms with Gasteiger partial charge in [-0.05, 0) is 6.07 Å². The summed E-state index contributed by atoms with van der Waals surface area (Å²) in [6.07, 6.45) is 0.354. The molecule has 0 unspecified atom stereocenters. The Morgan fingerprint density at radius 2 is 2.06 bits per heavy atom. The van der Waals surface area contributed by atoms with Gasteiger partial charge in [0, 0.05) is 6.07 Å². The number of hydrogen-bond donors (Lipinski definition) is 1. The van der Waals surface area contributed by atoms with Gasteiger partial charge in [-0.15, -0.1) is 6.42 Å². The maximum absolute atomic E-state index is 13.2. The number of hydrogen-bond acceptors (Lipinski definition) is 2. The van der Waals surface area contributed by atoms with Crippen LogP contribution in [0, 0.1) is 18.2 Å². The number of anilines is 1. The van der Waals surface area contributed by atoms with Gasteiger partial charge in [-0.25, -0.2) is 9.37 Å². The van der Waals surface area contributed by atoms with Crippen molar-refractivity contribution >= 4 is 16.7 Å². The third-order valence-corrected chi connectivity index (χ3v) is 2.37. The number of benzene rings is 1. The number of aromatic nitrogens is 2. The van der Waals surface area contributed by atoms with E-state index in [4.69, 9.17) is 12.2 Å². The van der Waals surface area contributed by atoms with Gasteiger partial charge in [0.15, 0.2) is 0 Å². The van der Waals surface area contributed by atoms with Crippen molar-refractivity contribution in [3.05, 3.63) is 23.8 Å². The quantitative estimate of drug-likeness (QED) is 0.484. The molecular formula is C11H7F4N3. The molecule has 2 N–H and O–H groups in total. The van der Waals surface area contributed by atoms with Gasteiger partial charge in [0.25, 0.3) is 0 Å². The SMILES string of the molecule is C#CCn1c(C(F)(F)F)nc2cc(F)c(N)cc21. The van der Waals surface area contributed by atoms with Gasteiger partial charge in [-0.3, -0.25) is 0 Å². The van der Waals surface area contributed by atoms with E-state index in [0.717, 1.165) is 16.7 Å². The molecule has 0 aliphatic rings. The number of nitrogen functional groups attached to an aromatic ring is 1. The molecule has 3 nitrogen and oxygen atoms in total. The van der Waals surface area contributed by atoms with Crippen LogP contribution in [0.5, 0.6) is 0 Å². The lowest BCUT2D eigenvalue weighted by Crippen LogP contribution is -2.14. The van der Waals surface area contributed by atoms with Gasteiger partial charge in [0.05, 0.1) is 23.3 Å². The summed E-state index contributed by atoms with van der Waals surface area (Å²) in [4.78, 5) is 3.35. The maximum Gasteiger partial charge on any atom is 0.449 e. The monoisotopic (exact) mass is 257 g/mol. The fourth-order valence-electron chi connectivity index (χ4n) is 1.63. The lowest BCUT2D eigenvalue weighted by Gasteiger charge is -2.08. The van der Waals surface area contributed by atoms with E-state index < -0.39 is 17.8 Å². The number of nitrogens with zero attached hydrogens (tertiary/aromatic N) is 2. The topological polar surface area (TPSA) is 43.8 Å². The molecule has 1 aromatic carbocycles. The minimum atomic E-state index is -4.67. The average Bonchev–Trinajstić information content (AvgIpc) is 2.58. The lowest BCUT2D eigenvalue weighted by atomic mass is 10.2. The van der Waals surface area contributed by atoms with Crippen LogP contribution in [0.3, 0.4) is 0 Å². The molecule has 1 aromatic heterocycles. The molecule has 18 heavy (non-hydrogen) atoms. The van der Waals surface area contributed by atoms with E-state index in [1.807, 2.05) is 0 Å². The highest BCUT2D eigenvalue weighted by Crippen LogP contribution is 2.32. The van der Waals surface area contributed by atoms with Crippen LogP contribution in [-0.2, 0) is 12.7 Å². The number of terminal acetylenes is 1. The smallest absolute Gasteiger partial charge is 0.396 e. The summed E-state index contributed by atoms with van der Waals surface area (Å²) < 4.78 is 52.2. The largest absolute Gasteiger partial charge is 0.449 e. The Balaban J connectivity index is 2.80. The van der Waals surface area contributed by atoms with Crippen molar-refractivity contribution in [3.63, 3.8) is 0 Å². The van der Waals surface area contributed by atoms with Gasteiger partial charge in [-0.1, -0.05) is 5.92 Å². The first-order valence-electron chi connectivity index (χ1n) is 4.80. The second-order valence-corrected chi connectivity index (χ2v) is 3.59. The van der Waals surface area contributed by atoms with Crippen LogP contribution in [0.25, 0.3) is 11.0 Å². The third kappa shape index (κ3) is 1.86. The Kier molecular flexibility index (Phi) is 2.66. The van der Waals surface area contributed by atoms with Crippen molar-refractivity contribution in [2.24, 2.45) is 0 Å². The summed E-state index contributed by atoms with van der Waals surface area (Å²) in [5.74, 6) is 0.113. The zero-order valence-corrected chi connectivity index (χ0v) is 8.92. The molecule has 0 saturated carbocycles. The molecule has 0 bridgehead atoms. The van der Waals surface area contributed by atoms with E-state index in [1.54, 1.807) is 0 Å². The minimum absolute atomic E-state index is 0.0548. The molecule has 1 heterocycles. The molecule has 0 saturated heterocycles. The average molecular weight is 257 g/mol. The van der Waals surface area contributed by atoms with E-state index in [9.17, 15) is 17.6 Å². The van der Waals surface area contributed by atoms with Crippen LogP contribution in [0.2, 0.25) is 0 Å². The van der Waals surface area contributed by atoms with Crippen molar-refractivity contribution in [1.29, 1.82) is 0 Å². The standard InChI is InChI=1S/C11H7F4N3/c1-2-3-18-9-5-7(16)6(12)4-8(9)17-10(18)11(13,14)15/h1,4-5H,3,16H2. The zero-order chi connectivity index (χ0) is 13.5.